The molecule has 1 radical (unpaired) electrons. The minimum absolute atomic E-state index is 0. The van der Waals surface area contributed by atoms with Gasteiger partial charge in [0.25, 0.3) is 0 Å². The molecule has 0 spiro atoms. The summed E-state index contributed by atoms with van der Waals surface area (Å²) in [5, 5.41) is 0. The summed E-state index contributed by atoms with van der Waals surface area (Å²) in [7, 11) is -0.627. The number of hydrogen-bond donors (Lipinski definition) is 0. The van der Waals surface area contributed by atoms with Crippen molar-refractivity contribution in [2.75, 3.05) is 0 Å². The smallest absolute Gasteiger partial charge is 0.0439 e. The monoisotopic (exact) mass is 426 g/mol. The first kappa shape index (κ1) is 12.1. The summed E-state index contributed by atoms with van der Waals surface area (Å²) < 4.78 is 0. The molecule has 0 aromatic rings. The SMILES string of the molecule is C[Si](C)CC[Si](C)(C)C.[Rf]. The van der Waals surface area contributed by atoms with Crippen LogP contribution < -0.4 is 0 Å². The predicted molar refractivity (Wildman–Crippen MR) is 50.4 cm³/mol. The Morgan fingerprint density at radius 2 is 1.50 bits per heavy atom. The Hall–Kier alpha value is -0.566. The van der Waals surface area contributed by atoms with Crippen molar-refractivity contribution < 1.29 is 0 Å². The van der Waals surface area contributed by atoms with Crippen LogP contribution in [0.3, 0.4) is 0 Å². The summed E-state index contributed by atoms with van der Waals surface area (Å²) in [6.07, 6.45) is 0. The van der Waals surface area contributed by atoms with E-state index in [0.29, 0.717) is 0 Å². The Labute approximate surface area is 62.3 Å². The first-order chi connectivity index (χ1) is 3.92. The molecule has 0 fully saturated rings. The van der Waals surface area contributed by atoms with E-state index in [2.05, 4.69) is 32.7 Å². The molecule has 0 saturated heterocycles. The number of hydrogen-bond acceptors (Lipinski definition) is 0. The number of rotatable bonds is 3. The minimum Gasteiger partial charge on any atom is -0.0713 e. The summed E-state index contributed by atoms with van der Waals surface area (Å²) in [5.41, 5.74) is 0. The van der Waals surface area contributed by atoms with Crippen LogP contribution in [0.4, 0.5) is 0 Å². The first-order valence-electron chi connectivity index (χ1n) is 3.71. The van der Waals surface area contributed by atoms with Crippen LogP contribution in [0.15, 0.2) is 0 Å². The Bertz CT molecular complexity index is 76.2. The molecule has 0 aliphatic heterocycles. The minimum atomic E-state index is -0.695. The van der Waals surface area contributed by atoms with Crippen molar-refractivity contribution in [3.8, 4) is 0 Å². The second kappa shape index (κ2) is 4.28. The van der Waals surface area contributed by atoms with Gasteiger partial charge in [-0.3, -0.25) is 0 Å². The Balaban J connectivity index is 0. The van der Waals surface area contributed by atoms with Crippen LogP contribution in [0.1, 0.15) is 0 Å². The molecule has 0 unspecified atom stereocenters. The van der Waals surface area contributed by atoms with Crippen LogP contribution in [-0.4, -0.2) is 16.9 Å². The second-order valence-electron chi connectivity index (χ2n) is 4.27. The van der Waals surface area contributed by atoms with E-state index < -0.39 is 8.07 Å². The van der Waals surface area contributed by atoms with E-state index >= 15 is 0 Å². The van der Waals surface area contributed by atoms with Crippen molar-refractivity contribution in [3.05, 3.63) is 0 Å². The summed E-state index contributed by atoms with van der Waals surface area (Å²) >= 11 is 0. The van der Waals surface area contributed by atoms with E-state index in [9.17, 15) is 0 Å². The Kier molecular flexibility index (Phi) is 5.20. The van der Waals surface area contributed by atoms with E-state index in [1.54, 1.807) is 0 Å². The van der Waals surface area contributed by atoms with Crippen LogP contribution in [0, 0.1) is 0 Å². The molecule has 0 bridgehead atoms. The molecule has 0 saturated carbocycles. The zero-order valence-corrected chi connectivity index (χ0v) is 16.5. The van der Waals surface area contributed by atoms with Gasteiger partial charge in [0, 0.05) is 16.9 Å². The van der Waals surface area contributed by atoms with Crippen molar-refractivity contribution in [2.24, 2.45) is 0 Å². The van der Waals surface area contributed by atoms with Crippen LogP contribution in [-0.2, 0) is 0 Å². The molecule has 0 aromatic carbocycles. The van der Waals surface area contributed by atoms with Gasteiger partial charge < -0.3 is 0 Å². The van der Waals surface area contributed by atoms with Crippen molar-refractivity contribution in [1.29, 1.82) is 0 Å². The normalized spacial score (nSPS) is 11.4. The van der Waals surface area contributed by atoms with Gasteiger partial charge in [-0.25, -0.2) is 0 Å². The summed E-state index contributed by atoms with van der Waals surface area (Å²) in [6, 6.07) is 3.06. The third-order valence-electron chi connectivity index (χ3n) is 1.37. The van der Waals surface area contributed by atoms with E-state index in [1.807, 2.05) is 0 Å². The van der Waals surface area contributed by atoms with E-state index in [4.69, 9.17) is 0 Å². The van der Waals surface area contributed by atoms with Gasteiger partial charge in [-0.15, -0.1) is 0 Å². The molecule has 0 rings (SSSR count). The Morgan fingerprint density at radius 3 is 1.60 bits per heavy atom. The predicted octanol–water partition coefficient (Wildman–Crippen LogP) is 3.08. The maximum Gasteiger partial charge on any atom is 0.0439 e. The average molecular weight is 426 g/mol. The van der Waals surface area contributed by atoms with Gasteiger partial charge in [0.05, 0.1) is 0 Å². The topological polar surface area (TPSA) is 0 Å². The quantitative estimate of drug-likeness (QED) is 0.609. The molecule has 10 heavy (non-hydrogen) atoms. The van der Waals surface area contributed by atoms with Gasteiger partial charge >= 0.3 is 0 Å². The molecule has 0 aliphatic carbocycles. The van der Waals surface area contributed by atoms with Crippen molar-refractivity contribution >= 4 is 16.9 Å². The van der Waals surface area contributed by atoms with Gasteiger partial charge in [0.15, 0.2) is 0 Å². The molecular formula is C7H19RfSi2. The molecule has 57 valence electrons. The van der Waals surface area contributed by atoms with E-state index in [1.165, 1.54) is 12.1 Å². The third kappa shape index (κ3) is 10.4. The summed E-state index contributed by atoms with van der Waals surface area (Å²) in [6.45, 7) is 12.2. The van der Waals surface area contributed by atoms with Gasteiger partial charge in [-0.1, -0.05) is 44.8 Å². The fraction of sp³-hybridized carbons (Fsp3) is 1.00. The maximum atomic E-state index is 2.46. The molecule has 0 amide bonds. The van der Waals surface area contributed by atoms with E-state index in [0.717, 1.165) is 0 Å². The van der Waals surface area contributed by atoms with Crippen LogP contribution in [0.2, 0.25) is 44.8 Å². The van der Waals surface area contributed by atoms with Crippen molar-refractivity contribution in [1.82, 2.24) is 0 Å². The summed E-state index contributed by atoms with van der Waals surface area (Å²) in [4.78, 5) is 0. The molecule has 0 heterocycles. The van der Waals surface area contributed by atoms with Crippen LogP contribution >= 0.6 is 0 Å². The van der Waals surface area contributed by atoms with Gasteiger partial charge in [-0.05, 0) is 0 Å². The Morgan fingerprint density at radius 1 is 1.10 bits per heavy atom. The standard InChI is InChI=1S/C7H19Si2.Rf/c1-8(2)6-7-9(3,4)5;/h6-7H2,1-5H3;. The zero-order valence-electron chi connectivity index (χ0n) is 8.12. The van der Waals surface area contributed by atoms with E-state index in [-0.39, 0.29) is 8.80 Å². The van der Waals surface area contributed by atoms with Crippen molar-refractivity contribution in [3.63, 3.8) is 0 Å². The molecule has 0 nitrogen and oxygen atoms in total. The van der Waals surface area contributed by atoms with Gasteiger partial charge in [-0.2, -0.15) is 0 Å². The van der Waals surface area contributed by atoms with Crippen LogP contribution in [0.5, 0.6) is 0 Å². The molecule has 0 aliphatic rings. The van der Waals surface area contributed by atoms with Crippen LogP contribution in [0.25, 0.3) is 0 Å². The fourth-order valence-electron chi connectivity index (χ4n) is 0.625. The molecule has 0 aromatic heterocycles. The second-order valence-corrected chi connectivity index (χ2v) is 12.8. The van der Waals surface area contributed by atoms with Gasteiger partial charge in [0.2, 0.25) is 0 Å². The molecule has 0 N–H and O–H groups in total. The van der Waals surface area contributed by atoms with Gasteiger partial charge in [0.1, 0.15) is 0 Å². The largest absolute Gasteiger partial charge is 0.0713 e. The summed E-state index contributed by atoms with van der Waals surface area (Å²) in [5.74, 6) is 0. The maximum absolute atomic E-state index is 2.46. The third-order valence-corrected chi connectivity index (χ3v) is 4.87. The fourth-order valence-corrected chi connectivity index (χ4v) is 5.62. The molecular weight excluding hydrogens is 407 g/mol. The average Bonchev–Trinajstić information content (AvgIpc) is 1.59. The zero-order chi connectivity index (χ0) is 7.49. The first-order valence-corrected chi connectivity index (χ1v) is 10.1. The van der Waals surface area contributed by atoms with Crippen molar-refractivity contribution in [2.45, 2.75) is 44.8 Å². The molecule has 0 atom stereocenters. The molecule has 3 heteroatoms.